The molecule has 0 bridgehead atoms. The summed E-state index contributed by atoms with van der Waals surface area (Å²) in [4.78, 5) is 12.8. The van der Waals surface area contributed by atoms with E-state index in [0.29, 0.717) is 17.8 Å². The van der Waals surface area contributed by atoms with Crippen molar-refractivity contribution in [2.45, 2.75) is 57.9 Å². The maximum Gasteiger partial charge on any atom is 0.245 e. The molecule has 0 saturated carbocycles. The molecule has 0 aliphatic heterocycles. The molecule has 6 nitrogen and oxygen atoms in total. The van der Waals surface area contributed by atoms with E-state index in [0.717, 1.165) is 18.5 Å². The van der Waals surface area contributed by atoms with Crippen LogP contribution in [0, 0.1) is 0 Å². The number of rotatable bonds is 10. The molecule has 2 rings (SSSR count). The number of nitrogens with zero attached hydrogens (tertiary/aromatic N) is 4. The lowest BCUT2D eigenvalue weighted by molar-refractivity contribution is 0.251. The first-order valence-electron chi connectivity index (χ1n) is 8.14. The first kappa shape index (κ1) is 16.7. The number of aromatic nitrogens is 4. The second-order valence-corrected chi connectivity index (χ2v) is 5.58. The molecule has 22 heavy (non-hydrogen) atoms. The third-order valence-electron chi connectivity index (χ3n) is 4.02. The smallest absolute Gasteiger partial charge is 0.245 e. The van der Waals surface area contributed by atoms with Gasteiger partial charge in [-0.3, -0.25) is 0 Å². The number of ether oxygens (including phenoxy) is 1. The Balaban J connectivity index is 2.11. The Morgan fingerprint density at radius 1 is 1.14 bits per heavy atom. The summed E-state index contributed by atoms with van der Waals surface area (Å²) in [5.74, 6) is 0.495. The average Bonchev–Trinajstić information content (AvgIpc) is 2.97. The summed E-state index contributed by atoms with van der Waals surface area (Å²) in [6, 6.07) is 0.219. The van der Waals surface area contributed by atoms with Crippen LogP contribution in [0.2, 0.25) is 0 Å². The number of aliphatic hydroxyl groups excluding tert-OH is 1. The molecular formula is C16H26N4O2. The molecular weight excluding hydrogens is 280 g/mol. The monoisotopic (exact) mass is 306 g/mol. The van der Waals surface area contributed by atoms with Gasteiger partial charge in [0.2, 0.25) is 5.88 Å². The van der Waals surface area contributed by atoms with Crippen molar-refractivity contribution in [3.05, 3.63) is 12.7 Å². The number of unbranched alkanes of at least 4 members (excludes halogenated alkanes) is 4. The number of aliphatic hydroxyl groups is 1. The fourth-order valence-corrected chi connectivity index (χ4v) is 2.80. The zero-order valence-corrected chi connectivity index (χ0v) is 13.5. The highest BCUT2D eigenvalue weighted by atomic mass is 16.5. The lowest BCUT2D eigenvalue weighted by Crippen LogP contribution is -2.11. The van der Waals surface area contributed by atoms with Crippen molar-refractivity contribution >= 4 is 11.2 Å². The van der Waals surface area contributed by atoms with Gasteiger partial charge in [-0.15, -0.1) is 0 Å². The molecule has 1 N–H and O–H groups in total. The summed E-state index contributed by atoms with van der Waals surface area (Å²) in [6.45, 7) is 2.39. The Morgan fingerprint density at radius 3 is 2.68 bits per heavy atom. The predicted octanol–water partition coefficient (Wildman–Crippen LogP) is 3.12. The molecule has 0 spiro atoms. The van der Waals surface area contributed by atoms with Crippen LogP contribution in [0.15, 0.2) is 12.7 Å². The van der Waals surface area contributed by atoms with E-state index >= 15 is 0 Å². The van der Waals surface area contributed by atoms with Crippen molar-refractivity contribution in [2.75, 3.05) is 13.7 Å². The molecule has 0 aliphatic rings. The zero-order valence-electron chi connectivity index (χ0n) is 13.5. The highest BCUT2D eigenvalue weighted by Crippen LogP contribution is 2.26. The molecule has 6 heteroatoms. The Bertz CT molecular complexity index is 570. The third-order valence-corrected chi connectivity index (χ3v) is 4.02. The van der Waals surface area contributed by atoms with Crippen LogP contribution in [0.3, 0.4) is 0 Å². The third kappa shape index (κ3) is 3.94. The predicted molar refractivity (Wildman–Crippen MR) is 86.0 cm³/mol. The van der Waals surface area contributed by atoms with Crippen LogP contribution < -0.4 is 4.74 Å². The van der Waals surface area contributed by atoms with Gasteiger partial charge in [0.25, 0.3) is 0 Å². The lowest BCUT2D eigenvalue weighted by atomic mass is 10.0. The Kier molecular flexibility index (Phi) is 6.58. The minimum absolute atomic E-state index is 0.168. The van der Waals surface area contributed by atoms with Crippen LogP contribution in [-0.4, -0.2) is 38.3 Å². The van der Waals surface area contributed by atoms with Crippen molar-refractivity contribution in [3.8, 4) is 5.88 Å². The van der Waals surface area contributed by atoms with Crippen molar-refractivity contribution in [1.29, 1.82) is 0 Å². The van der Waals surface area contributed by atoms with E-state index in [1.807, 2.05) is 0 Å². The molecule has 2 aromatic rings. The molecule has 0 aliphatic carbocycles. The van der Waals surface area contributed by atoms with E-state index in [1.165, 1.54) is 32.0 Å². The van der Waals surface area contributed by atoms with Gasteiger partial charge in [0.1, 0.15) is 6.33 Å². The summed E-state index contributed by atoms with van der Waals surface area (Å²) < 4.78 is 7.28. The zero-order chi connectivity index (χ0) is 15.8. The van der Waals surface area contributed by atoms with Gasteiger partial charge in [0.05, 0.1) is 13.4 Å². The molecule has 0 radical (unpaired) electrons. The number of hydrogen-bond acceptors (Lipinski definition) is 5. The van der Waals surface area contributed by atoms with E-state index < -0.39 is 0 Å². The molecule has 2 heterocycles. The first-order chi connectivity index (χ1) is 10.8. The number of methoxy groups -OCH3 is 1. The van der Waals surface area contributed by atoms with Gasteiger partial charge in [0.15, 0.2) is 11.2 Å². The Hall–Kier alpha value is -1.69. The van der Waals surface area contributed by atoms with Crippen molar-refractivity contribution in [1.82, 2.24) is 19.5 Å². The molecule has 2 aromatic heterocycles. The second-order valence-electron chi connectivity index (χ2n) is 5.58. The average molecular weight is 306 g/mol. The maximum absolute atomic E-state index is 9.36. The second kappa shape index (κ2) is 8.68. The normalized spacial score (nSPS) is 12.7. The minimum atomic E-state index is 0.168. The molecule has 0 fully saturated rings. The van der Waals surface area contributed by atoms with Gasteiger partial charge >= 0.3 is 0 Å². The number of fused-ring (bicyclic) bond motifs is 1. The standard InChI is InChI=1S/C16H26N4O2/c1-3-4-5-6-7-8-13(9-10-21)20-12-19-14-15(20)17-11-18-16(14)22-2/h11-13,21H,3-10H2,1-2H3. The fourth-order valence-electron chi connectivity index (χ4n) is 2.80. The fraction of sp³-hybridized carbons (Fsp3) is 0.688. The Morgan fingerprint density at radius 2 is 1.95 bits per heavy atom. The summed E-state index contributed by atoms with van der Waals surface area (Å²) in [5.41, 5.74) is 1.46. The van der Waals surface area contributed by atoms with Gasteiger partial charge in [-0.1, -0.05) is 39.0 Å². The topological polar surface area (TPSA) is 73.1 Å². The highest BCUT2D eigenvalue weighted by molar-refractivity contribution is 5.75. The molecule has 0 saturated heterocycles. The molecule has 0 aromatic carbocycles. The van der Waals surface area contributed by atoms with E-state index in [9.17, 15) is 5.11 Å². The van der Waals surface area contributed by atoms with Gasteiger partial charge in [0, 0.05) is 12.6 Å². The van der Waals surface area contributed by atoms with E-state index in [4.69, 9.17) is 4.74 Å². The van der Waals surface area contributed by atoms with Gasteiger partial charge < -0.3 is 14.4 Å². The van der Waals surface area contributed by atoms with E-state index in [2.05, 4.69) is 26.4 Å². The quantitative estimate of drug-likeness (QED) is 0.683. The highest BCUT2D eigenvalue weighted by Gasteiger charge is 2.17. The van der Waals surface area contributed by atoms with Crippen LogP contribution >= 0.6 is 0 Å². The van der Waals surface area contributed by atoms with Gasteiger partial charge in [-0.2, -0.15) is 4.98 Å². The Labute approximate surface area is 131 Å². The summed E-state index contributed by atoms with van der Waals surface area (Å²) >= 11 is 0. The van der Waals surface area contributed by atoms with Crippen LogP contribution in [0.4, 0.5) is 0 Å². The molecule has 0 amide bonds. The van der Waals surface area contributed by atoms with Crippen LogP contribution in [0.25, 0.3) is 11.2 Å². The summed E-state index contributed by atoms with van der Waals surface area (Å²) in [5, 5.41) is 9.36. The van der Waals surface area contributed by atoms with Crippen LogP contribution in [-0.2, 0) is 0 Å². The SMILES string of the molecule is CCCCCCCC(CCO)n1cnc2c(OC)ncnc21. The van der Waals surface area contributed by atoms with Gasteiger partial charge in [-0.25, -0.2) is 9.97 Å². The molecule has 1 unspecified atom stereocenters. The summed E-state index contributed by atoms with van der Waals surface area (Å²) in [6.07, 6.45) is 11.3. The van der Waals surface area contributed by atoms with Crippen molar-refractivity contribution in [2.24, 2.45) is 0 Å². The summed E-state index contributed by atoms with van der Waals surface area (Å²) in [7, 11) is 1.58. The first-order valence-corrected chi connectivity index (χ1v) is 8.14. The number of hydrogen-bond donors (Lipinski definition) is 1. The lowest BCUT2D eigenvalue weighted by Gasteiger charge is -2.18. The van der Waals surface area contributed by atoms with Crippen LogP contribution in [0.5, 0.6) is 5.88 Å². The molecule has 1 atom stereocenters. The minimum Gasteiger partial charge on any atom is -0.479 e. The van der Waals surface area contributed by atoms with Crippen molar-refractivity contribution in [3.63, 3.8) is 0 Å². The maximum atomic E-state index is 9.36. The van der Waals surface area contributed by atoms with Crippen molar-refractivity contribution < 1.29 is 9.84 Å². The van der Waals surface area contributed by atoms with Crippen LogP contribution in [0.1, 0.15) is 57.9 Å². The van der Waals surface area contributed by atoms with E-state index in [1.54, 1.807) is 13.4 Å². The van der Waals surface area contributed by atoms with E-state index in [-0.39, 0.29) is 12.6 Å². The number of imidazole rings is 1. The molecule has 122 valence electrons. The largest absolute Gasteiger partial charge is 0.479 e. The van der Waals surface area contributed by atoms with Gasteiger partial charge in [-0.05, 0) is 12.8 Å².